The third kappa shape index (κ3) is 4.12. The molecule has 1 aromatic carbocycles. The second-order valence-electron chi connectivity index (χ2n) is 6.70. The van der Waals surface area contributed by atoms with Gasteiger partial charge in [0.05, 0.1) is 5.41 Å². The van der Waals surface area contributed by atoms with E-state index in [1.54, 1.807) is 12.1 Å². The van der Waals surface area contributed by atoms with Crippen molar-refractivity contribution >= 4 is 11.9 Å². The average Bonchev–Trinajstić information content (AvgIpc) is 2.55. The van der Waals surface area contributed by atoms with Crippen molar-refractivity contribution in [2.24, 2.45) is 5.92 Å². The number of amides is 1. The van der Waals surface area contributed by atoms with Crippen molar-refractivity contribution in [1.29, 1.82) is 0 Å². The van der Waals surface area contributed by atoms with Gasteiger partial charge in [-0.2, -0.15) is 0 Å². The molecule has 2 rings (SSSR count). The molecule has 0 spiro atoms. The number of ether oxygens (including phenoxy) is 1. The minimum Gasteiger partial charge on any atom is -0.480 e. The van der Waals surface area contributed by atoms with E-state index >= 15 is 0 Å². The Balaban J connectivity index is 2.28. The Morgan fingerprint density at radius 1 is 1.25 bits per heavy atom. The minimum atomic E-state index is -1.04. The molecule has 1 amide bonds. The Morgan fingerprint density at radius 3 is 2.33 bits per heavy atom. The molecule has 1 aliphatic heterocycles. The molecule has 1 aromatic rings. The number of benzene rings is 1. The lowest BCUT2D eigenvalue weighted by Crippen LogP contribution is -2.53. The van der Waals surface area contributed by atoms with E-state index in [1.165, 1.54) is 12.1 Å². The van der Waals surface area contributed by atoms with E-state index in [-0.39, 0.29) is 17.6 Å². The van der Waals surface area contributed by atoms with Crippen LogP contribution in [0.25, 0.3) is 0 Å². The molecule has 5 nitrogen and oxygen atoms in total. The topological polar surface area (TPSA) is 75.6 Å². The highest BCUT2D eigenvalue weighted by Crippen LogP contribution is 2.35. The highest BCUT2D eigenvalue weighted by atomic mass is 19.1. The lowest BCUT2D eigenvalue weighted by molar-refractivity contribution is -0.144. The monoisotopic (exact) mass is 337 g/mol. The summed E-state index contributed by atoms with van der Waals surface area (Å²) in [5.41, 5.74) is -0.185. The van der Waals surface area contributed by atoms with Crippen LogP contribution in [0.15, 0.2) is 24.3 Å². The lowest BCUT2D eigenvalue weighted by atomic mass is 9.73. The molecule has 1 atom stereocenters. The van der Waals surface area contributed by atoms with Crippen LogP contribution in [-0.2, 0) is 19.7 Å². The van der Waals surface area contributed by atoms with Gasteiger partial charge in [-0.05, 0) is 42.9 Å². The Morgan fingerprint density at radius 2 is 1.83 bits per heavy atom. The molecule has 0 aliphatic carbocycles. The van der Waals surface area contributed by atoms with Crippen molar-refractivity contribution < 1.29 is 23.8 Å². The maximum Gasteiger partial charge on any atom is 0.326 e. The number of aliphatic carboxylic acids is 1. The van der Waals surface area contributed by atoms with Gasteiger partial charge < -0.3 is 15.2 Å². The number of carboxylic acids is 1. The molecule has 1 fully saturated rings. The fourth-order valence-electron chi connectivity index (χ4n) is 3.12. The average molecular weight is 337 g/mol. The van der Waals surface area contributed by atoms with Gasteiger partial charge in [-0.3, -0.25) is 4.79 Å². The maximum absolute atomic E-state index is 13.2. The molecule has 6 heteroatoms. The number of halogens is 1. The molecule has 1 saturated heterocycles. The van der Waals surface area contributed by atoms with Crippen LogP contribution < -0.4 is 5.32 Å². The molecule has 0 radical (unpaired) electrons. The third-order valence-electron chi connectivity index (χ3n) is 4.49. The summed E-state index contributed by atoms with van der Waals surface area (Å²) in [5.74, 6) is -1.60. The second-order valence-corrected chi connectivity index (χ2v) is 6.70. The SMILES string of the molecule is CC(C)C[C@@H](NC(=O)C1(c2ccc(F)cc2)CCOCC1)C(=O)O. The van der Waals surface area contributed by atoms with Crippen molar-refractivity contribution in [1.82, 2.24) is 5.32 Å². The molecule has 132 valence electrons. The van der Waals surface area contributed by atoms with Crippen molar-refractivity contribution in [2.45, 2.75) is 44.6 Å². The van der Waals surface area contributed by atoms with E-state index in [2.05, 4.69) is 5.32 Å². The van der Waals surface area contributed by atoms with E-state index in [1.807, 2.05) is 13.8 Å². The molecule has 2 N–H and O–H groups in total. The van der Waals surface area contributed by atoms with Gasteiger partial charge in [0.15, 0.2) is 0 Å². The van der Waals surface area contributed by atoms with E-state index in [9.17, 15) is 19.1 Å². The van der Waals surface area contributed by atoms with Crippen molar-refractivity contribution in [3.05, 3.63) is 35.6 Å². The molecule has 0 aromatic heterocycles. The van der Waals surface area contributed by atoms with Gasteiger partial charge in [-0.25, -0.2) is 9.18 Å². The molecular formula is C18H24FNO4. The van der Waals surface area contributed by atoms with Crippen LogP contribution in [0.1, 0.15) is 38.7 Å². The maximum atomic E-state index is 13.2. The fraction of sp³-hybridized carbons (Fsp3) is 0.556. The molecule has 1 aliphatic rings. The van der Waals surface area contributed by atoms with E-state index in [4.69, 9.17) is 4.74 Å². The summed E-state index contributed by atoms with van der Waals surface area (Å²) in [6.07, 6.45) is 1.24. The summed E-state index contributed by atoms with van der Waals surface area (Å²) in [6, 6.07) is 4.90. The first kappa shape index (κ1) is 18.4. The van der Waals surface area contributed by atoms with Crippen molar-refractivity contribution in [2.75, 3.05) is 13.2 Å². The van der Waals surface area contributed by atoms with E-state index in [0.717, 1.165) is 0 Å². The molecule has 0 saturated carbocycles. The zero-order valence-electron chi connectivity index (χ0n) is 14.0. The Labute approximate surface area is 141 Å². The van der Waals surface area contributed by atoms with Crippen LogP contribution >= 0.6 is 0 Å². The summed E-state index contributed by atoms with van der Waals surface area (Å²) < 4.78 is 18.6. The van der Waals surface area contributed by atoms with Crippen LogP contribution in [0.4, 0.5) is 4.39 Å². The Kier molecular flexibility index (Phi) is 5.94. The molecular weight excluding hydrogens is 313 g/mol. The summed E-state index contributed by atoms with van der Waals surface area (Å²) in [4.78, 5) is 24.4. The number of carboxylic acid groups (broad SMARTS) is 1. The van der Waals surface area contributed by atoms with Gasteiger partial charge in [0, 0.05) is 13.2 Å². The number of carbonyl (C=O) groups is 2. The van der Waals surface area contributed by atoms with Gasteiger partial charge in [0.1, 0.15) is 11.9 Å². The largest absolute Gasteiger partial charge is 0.480 e. The highest BCUT2D eigenvalue weighted by Gasteiger charge is 2.43. The van der Waals surface area contributed by atoms with Crippen LogP contribution in [0.2, 0.25) is 0 Å². The van der Waals surface area contributed by atoms with Crippen LogP contribution in [-0.4, -0.2) is 36.2 Å². The van der Waals surface area contributed by atoms with Crippen LogP contribution in [0.3, 0.4) is 0 Å². The highest BCUT2D eigenvalue weighted by molar-refractivity contribution is 5.91. The van der Waals surface area contributed by atoms with Crippen LogP contribution in [0, 0.1) is 11.7 Å². The number of nitrogens with one attached hydrogen (secondary N) is 1. The zero-order valence-corrected chi connectivity index (χ0v) is 14.0. The number of rotatable bonds is 6. The standard InChI is InChI=1S/C18H24FNO4/c1-12(2)11-15(16(21)22)20-17(23)18(7-9-24-10-8-18)13-3-5-14(19)6-4-13/h3-6,12,15H,7-11H2,1-2H3,(H,20,23)(H,21,22)/t15-/m1/s1. The van der Waals surface area contributed by atoms with Gasteiger partial charge in [0.25, 0.3) is 0 Å². The Bertz CT molecular complexity index is 579. The lowest BCUT2D eigenvalue weighted by Gasteiger charge is -2.37. The van der Waals surface area contributed by atoms with Crippen molar-refractivity contribution in [3.63, 3.8) is 0 Å². The van der Waals surface area contributed by atoms with Gasteiger partial charge >= 0.3 is 5.97 Å². The fourth-order valence-corrected chi connectivity index (χ4v) is 3.12. The predicted octanol–water partition coefficient (Wildman–Crippen LogP) is 2.49. The van der Waals surface area contributed by atoms with Gasteiger partial charge in [-0.15, -0.1) is 0 Å². The van der Waals surface area contributed by atoms with Gasteiger partial charge in [-0.1, -0.05) is 26.0 Å². The minimum absolute atomic E-state index is 0.142. The summed E-state index contributed by atoms with van der Waals surface area (Å²) in [7, 11) is 0. The first-order valence-electron chi connectivity index (χ1n) is 8.23. The molecule has 1 heterocycles. The quantitative estimate of drug-likeness (QED) is 0.836. The Hall–Kier alpha value is -1.95. The number of hydrogen-bond donors (Lipinski definition) is 2. The molecule has 0 bridgehead atoms. The summed E-state index contributed by atoms with van der Waals surface area (Å²) in [5, 5.41) is 12.1. The molecule has 24 heavy (non-hydrogen) atoms. The second kappa shape index (κ2) is 7.75. The first-order chi connectivity index (χ1) is 11.3. The number of carbonyl (C=O) groups excluding carboxylic acids is 1. The smallest absolute Gasteiger partial charge is 0.326 e. The normalized spacial score (nSPS) is 18.2. The molecule has 0 unspecified atom stereocenters. The predicted molar refractivity (Wildman–Crippen MR) is 87.2 cm³/mol. The van der Waals surface area contributed by atoms with Gasteiger partial charge in [0.2, 0.25) is 5.91 Å². The first-order valence-corrected chi connectivity index (χ1v) is 8.23. The third-order valence-corrected chi connectivity index (χ3v) is 4.49. The van der Waals surface area contributed by atoms with E-state index < -0.39 is 17.4 Å². The summed E-state index contributed by atoms with van der Waals surface area (Å²) >= 11 is 0. The summed E-state index contributed by atoms with van der Waals surface area (Å²) in [6.45, 7) is 4.64. The number of hydrogen-bond acceptors (Lipinski definition) is 3. The van der Waals surface area contributed by atoms with Crippen LogP contribution in [0.5, 0.6) is 0 Å². The van der Waals surface area contributed by atoms with Crippen molar-refractivity contribution in [3.8, 4) is 0 Å². The zero-order chi connectivity index (χ0) is 17.7. The van der Waals surface area contributed by atoms with E-state index in [0.29, 0.717) is 38.0 Å².